The second-order valence-corrected chi connectivity index (χ2v) is 4.10. The van der Waals surface area contributed by atoms with E-state index < -0.39 is 0 Å². The fraction of sp³-hybridized carbons (Fsp3) is 0.462. The van der Waals surface area contributed by atoms with E-state index in [0.29, 0.717) is 12.5 Å². The number of aryl methyl sites for hydroxylation is 1. The zero-order valence-corrected chi connectivity index (χ0v) is 10.1. The fourth-order valence-electron chi connectivity index (χ4n) is 1.13. The molecule has 0 saturated carbocycles. The van der Waals surface area contributed by atoms with Crippen LogP contribution in [0.4, 0.5) is 10.5 Å². The third-order valence-electron chi connectivity index (χ3n) is 2.49. The summed E-state index contributed by atoms with van der Waals surface area (Å²) in [5, 5.41) is 2.69. The number of rotatable bonds is 4. The lowest BCUT2D eigenvalue weighted by Crippen LogP contribution is -2.17. The van der Waals surface area contributed by atoms with E-state index in [2.05, 4.69) is 19.2 Å². The van der Waals surface area contributed by atoms with Crippen LogP contribution in [-0.2, 0) is 4.74 Å². The quantitative estimate of drug-likeness (QED) is 0.843. The Morgan fingerprint density at radius 2 is 2.00 bits per heavy atom. The molecule has 0 saturated heterocycles. The van der Waals surface area contributed by atoms with Gasteiger partial charge >= 0.3 is 6.09 Å². The van der Waals surface area contributed by atoms with Gasteiger partial charge in [0.1, 0.15) is 0 Å². The number of hydrogen-bond donors (Lipinski definition) is 1. The minimum Gasteiger partial charge on any atom is -0.449 e. The van der Waals surface area contributed by atoms with Gasteiger partial charge in [-0.25, -0.2) is 4.79 Å². The maximum absolute atomic E-state index is 11.4. The van der Waals surface area contributed by atoms with Gasteiger partial charge in [-0.15, -0.1) is 0 Å². The minimum absolute atomic E-state index is 0.385. The normalized spacial score (nSPS) is 11.9. The predicted molar refractivity (Wildman–Crippen MR) is 65.6 cm³/mol. The monoisotopic (exact) mass is 221 g/mol. The Kier molecular flexibility index (Phi) is 4.83. The Hall–Kier alpha value is -1.51. The average molecular weight is 221 g/mol. The summed E-state index contributed by atoms with van der Waals surface area (Å²) in [7, 11) is 0. The number of hydrogen-bond acceptors (Lipinski definition) is 2. The molecule has 1 atom stereocenters. The van der Waals surface area contributed by atoms with Crippen LogP contribution in [0.1, 0.15) is 25.8 Å². The summed E-state index contributed by atoms with van der Waals surface area (Å²) in [5.41, 5.74) is 1.93. The molecule has 3 heteroatoms. The molecule has 0 aliphatic heterocycles. The molecule has 1 rings (SSSR count). The number of nitrogens with one attached hydrogen (secondary N) is 1. The average Bonchev–Trinajstić information content (AvgIpc) is 2.29. The van der Waals surface area contributed by atoms with Crippen molar-refractivity contribution in [2.45, 2.75) is 27.2 Å². The summed E-state index contributed by atoms with van der Waals surface area (Å²) >= 11 is 0. The smallest absolute Gasteiger partial charge is 0.411 e. The molecule has 0 aliphatic rings. The largest absolute Gasteiger partial charge is 0.449 e. The van der Waals surface area contributed by atoms with E-state index in [-0.39, 0.29) is 6.09 Å². The van der Waals surface area contributed by atoms with Crippen molar-refractivity contribution in [3.63, 3.8) is 0 Å². The van der Waals surface area contributed by atoms with Crippen LogP contribution < -0.4 is 5.32 Å². The van der Waals surface area contributed by atoms with Crippen molar-refractivity contribution >= 4 is 11.8 Å². The van der Waals surface area contributed by atoms with E-state index >= 15 is 0 Å². The molecule has 0 bridgehead atoms. The standard InChI is InChI=1S/C13H19NO2/c1-4-10(2)9-16-13(15)14-12-7-5-11(3)6-8-12/h5-8,10H,4,9H2,1-3H3,(H,14,15)/t10-/m1/s1. The number of ether oxygens (including phenoxy) is 1. The first-order valence-electron chi connectivity index (χ1n) is 5.62. The molecule has 1 aromatic carbocycles. The first-order chi connectivity index (χ1) is 7.61. The van der Waals surface area contributed by atoms with Crippen LogP contribution in [0.5, 0.6) is 0 Å². The van der Waals surface area contributed by atoms with Gasteiger partial charge < -0.3 is 4.74 Å². The second kappa shape index (κ2) is 6.16. The highest BCUT2D eigenvalue weighted by molar-refractivity contribution is 5.84. The first kappa shape index (κ1) is 12.6. The molecule has 0 unspecified atom stereocenters. The number of benzene rings is 1. The third-order valence-corrected chi connectivity index (χ3v) is 2.49. The van der Waals surface area contributed by atoms with E-state index in [4.69, 9.17) is 4.74 Å². The number of carbonyl (C=O) groups is 1. The lowest BCUT2D eigenvalue weighted by Gasteiger charge is -2.10. The Labute approximate surface area is 96.8 Å². The fourth-order valence-corrected chi connectivity index (χ4v) is 1.13. The summed E-state index contributed by atoms with van der Waals surface area (Å²) < 4.78 is 5.08. The molecule has 0 aromatic heterocycles. The SMILES string of the molecule is CC[C@@H](C)COC(=O)Nc1ccc(C)cc1. The van der Waals surface area contributed by atoms with Gasteiger partial charge in [0.05, 0.1) is 6.61 Å². The maximum atomic E-state index is 11.4. The van der Waals surface area contributed by atoms with Crippen molar-refractivity contribution < 1.29 is 9.53 Å². The van der Waals surface area contributed by atoms with E-state index in [0.717, 1.165) is 12.1 Å². The summed E-state index contributed by atoms with van der Waals surface area (Å²) in [5.74, 6) is 0.406. The molecule has 0 radical (unpaired) electrons. The molecule has 3 nitrogen and oxygen atoms in total. The highest BCUT2D eigenvalue weighted by Gasteiger charge is 2.05. The van der Waals surface area contributed by atoms with Crippen LogP contribution in [0, 0.1) is 12.8 Å². The second-order valence-electron chi connectivity index (χ2n) is 4.10. The van der Waals surface area contributed by atoms with Gasteiger partial charge in [-0.3, -0.25) is 5.32 Å². The van der Waals surface area contributed by atoms with Gasteiger partial charge in [-0.2, -0.15) is 0 Å². The van der Waals surface area contributed by atoms with Crippen LogP contribution in [0.15, 0.2) is 24.3 Å². The Bertz CT molecular complexity index is 332. The number of carbonyl (C=O) groups excluding carboxylic acids is 1. The summed E-state index contributed by atoms with van der Waals surface area (Å²) in [4.78, 5) is 11.4. The minimum atomic E-state index is -0.385. The van der Waals surface area contributed by atoms with E-state index in [1.807, 2.05) is 31.2 Å². The molecular formula is C13H19NO2. The van der Waals surface area contributed by atoms with Gasteiger partial charge in [0.2, 0.25) is 0 Å². The molecule has 0 aliphatic carbocycles. The maximum Gasteiger partial charge on any atom is 0.411 e. The first-order valence-corrected chi connectivity index (χ1v) is 5.62. The van der Waals surface area contributed by atoms with Crippen LogP contribution in [0.2, 0.25) is 0 Å². The zero-order valence-electron chi connectivity index (χ0n) is 10.1. The molecule has 0 spiro atoms. The van der Waals surface area contributed by atoms with Crippen molar-refractivity contribution in [3.8, 4) is 0 Å². The highest BCUT2D eigenvalue weighted by atomic mass is 16.5. The third kappa shape index (κ3) is 4.34. The van der Waals surface area contributed by atoms with Crippen molar-refractivity contribution in [1.29, 1.82) is 0 Å². The summed E-state index contributed by atoms with van der Waals surface area (Å²) in [6, 6.07) is 7.62. The van der Waals surface area contributed by atoms with Crippen LogP contribution in [-0.4, -0.2) is 12.7 Å². The van der Waals surface area contributed by atoms with Gasteiger partial charge in [-0.05, 0) is 25.0 Å². The lowest BCUT2D eigenvalue weighted by molar-refractivity contribution is 0.143. The van der Waals surface area contributed by atoms with Crippen molar-refractivity contribution in [2.75, 3.05) is 11.9 Å². The van der Waals surface area contributed by atoms with E-state index in [9.17, 15) is 4.79 Å². The van der Waals surface area contributed by atoms with Crippen LogP contribution in [0.3, 0.4) is 0 Å². The lowest BCUT2D eigenvalue weighted by atomic mass is 10.1. The Morgan fingerprint density at radius 1 is 1.38 bits per heavy atom. The molecule has 0 fully saturated rings. The van der Waals surface area contributed by atoms with Crippen molar-refractivity contribution in [3.05, 3.63) is 29.8 Å². The Morgan fingerprint density at radius 3 is 2.56 bits per heavy atom. The van der Waals surface area contributed by atoms with E-state index in [1.54, 1.807) is 0 Å². The van der Waals surface area contributed by atoms with Gasteiger partial charge in [0, 0.05) is 5.69 Å². The van der Waals surface area contributed by atoms with Crippen molar-refractivity contribution in [1.82, 2.24) is 0 Å². The van der Waals surface area contributed by atoms with Crippen molar-refractivity contribution in [2.24, 2.45) is 5.92 Å². The molecular weight excluding hydrogens is 202 g/mol. The topological polar surface area (TPSA) is 38.3 Å². The molecule has 1 aromatic rings. The molecule has 16 heavy (non-hydrogen) atoms. The summed E-state index contributed by atoms with van der Waals surface area (Å²) in [6.07, 6.45) is 0.627. The summed E-state index contributed by atoms with van der Waals surface area (Å²) in [6.45, 7) is 6.60. The molecule has 88 valence electrons. The number of anilines is 1. The molecule has 1 N–H and O–H groups in total. The number of amides is 1. The van der Waals surface area contributed by atoms with Crippen LogP contribution >= 0.6 is 0 Å². The predicted octanol–water partition coefficient (Wildman–Crippen LogP) is 3.59. The highest BCUT2D eigenvalue weighted by Crippen LogP contribution is 2.09. The van der Waals surface area contributed by atoms with Gasteiger partial charge in [-0.1, -0.05) is 38.0 Å². The van der Waals surface area contributed by atoms with Crippen LogP contribution in [0.25, 0.3) is 0 Å². The molecule has 1 amide bonds. The zero-order chi connectivity index (χ0) is 12.0. The van der Waals surface area contributed by atoms with Gasteiger partial charge in [0.15, 0.2) is 0 Å². The Balaban J connectivity index is 2.37. The van der Waals surface area contributed by atoms with Gasteiger partial charge in [0.25, 0.3) is 0 Å². The molecule has 0 heterocycles. The van der Waals surface area contributed by atoms with E-state index in [1.165, 1.54) is 5.56 Å².